The minimum atomic E-state index is 0. The van der Waals surface area contributed by atoms with E-state index in [1.54, 1.807) is 0 Å². The van der Waals surface area contributed by atoms with Gasteiger partial charge in [-0.25, -0.2) is 4.99 Å². The summed E-state index contributed by atoms with van der Waals surface area (Å²) < 4.78 is 5.84. The number of benzene rings is 2. The van der Waals surface area contributed by atoms with Crippen LogP contribution in [0.25, 0.3) is 0 Å². The van der Waals surface area contributed by atoms with Gasteiger partial charge in [-0.1, -0.05) is 30.3 Å². The van der Waals surface area contributed by atoms with Gasteiger partial charge >= 0.3 is 0 Å². The second-order valence-electron chi connectivity index (χ2n) is 5.96. The molecular formula is C19H27IN4O. The zero-order chi connectivity index (χ0) is 17.4. The van der Waals surface area contributed by atoms with Gasteiger partial charge in [-0.15, -0.1) is 24.0 Å². The Bertz CT molecular complexity index is 689. The van der Waals surface area contributed by atoms with E-state index in [0.717, 1.165) is 23.5 Å². The van der Waals surface area contributed by atoms with Crippen molar-refractivity contribution in [2.75, 3.05) is 32.6 Å². The molecule has 0 aliphatic carbocycles. The Morgan fingerprint density at radius 3 is 2.64 bits per heavy atom. The minimum absolute atomic E-state index is 0. The molecule has 6 heteroatoms. The highest BCUT2D eigenvalue weighted by Crippen LogP contribution is 2.19. The Kier molecular flexibility index (Phi) is 9.30. The molecule has 0 aliphatic heterocycles. The first kappa shape index (κ1) is 21.2. The Balaban J connectivity index is 0.00000312. The number of rotatable bonds is 7. The molecule has 2 aromatic rings. The molecule has 0 radical (unpaired) electrons. The molecule has 25 heavy (non-hydrogen) atoms. The van der Waals surface area contributed by atoms with E-state index in [2.05, 4.69) is 15.2 Å². The third kappa shape index (κ3) is 7.74. The summed E-state index contributed by atoms with van der Waals surface area (Å²) in [4.78, 5) is 6.50. The van der Waals surface area contributed by atoms with E-state index in [9.17, 15) is 0 Å². The Hall–Kier alpha value is -1.80. The van der Waals surface area contributed by atoms with Gasteiger partial charge < -0.3 is 20.7 Å². The number of para-hydroxylation sites is 1. The molecule has 0 unspecified atom stereocenters. The third-order valence-corrected chi connectivity index (χ3v) is 3.48. The van der Waals surface area contributed by atoms with Crippen LogP contribution in [0.5, 0.6) is 5.75 Å². The van der Waals surface area contributed by atoms with Crippen LogP contribution in [-0.4, -0.2) is 38.1 Å². The lowest BCUT2D eigenvalue weighted by molar-refractivity contribution is 0.259. The van der Waals surface area contributed by atoms with E-state index < -0.39 is 0 Å². The summed E-state index contributed by atoms with van der Waals surface area (Å²) in [5.74, 6) is 1.25. The molecule has 0 aliphatic rings. The molecule has 5 nitrogen and oxygen atoms in total. The quantitative estimate of drug-likeness (QED) is 0.382. The number of hydrogen-bond donors (Lipinski definition) is 2. The van der Waals surface area contributed by atoms with Crippen molar-refractivity contribution in [1.29, 1.82) is 0 Å². The number of ether oxygens (including phenoxy) is 1. The van der Waals surface area contributed by atoms with E-state index in [1.165, 1.54) is 5.56 Å². The lowest BCUT2D eigenvalue weighted by Gasteiger charge is -2.13. The highest BCUT2D eigenvalue weighted by atomic mass is 127. The van der Waals surface area contributed by atoms with Gasteiger partial charge in [-0.3, -0.25) is 0 Å². The fourth-order valence-electron chi connectivity index (χ4n) is 2.19. The summed E-state index contributed by atoms with van der Waals surface area (Å²) in [7, 11) is 4.05. The summed E-state index contributed by atoms with van der Waals surface area (Å²) in [6.45, 7) is 4.03. The maximum Gasteiger partial charge on any atom is 0.193 e. The highest BCUT2D eigenvalue weighted by molar-refractivity contribution is 14.0. The van der Waals surface area contributed by atoms with E-state index in [0.29, 0.717) is 19.1 Å². The molecule has 0 saturated carbocycles. The van der Waals surface area contributed by atoms with E-state index in [-0.39, 0.29) is 24.0 Å². The molecule has 0 saturated heterocycles. The molecule has 2 rings (SSSR count). The predicted molar refractivity (Wildman–Crippen MR) is 116 cm³/mol. The maximum atomic E-state index is 5.98. The van der Waals surface area contributed by atoms with Gasteiger partial charge in [0.2, 0.25) is 0 Å². The fraction of sp³-hybridized carbons (Fsp3) is 0.316. The zero-order valence-electron chi connectivity index (χ0n) is 15.0. The van der Waals surface area contributed by atoms with Gasteiger partial charge in [0.1, 0.15) is 12.4 Å². The molecule has 3 N–H and O–H groups in total. The topological polar surface area (TPSA) is 62.9 Å². The molecule has 0 spiro atoms. The summed E-state index contributed by atoms with van der Waals surface area (Å²) in [5, 5.41) is 3.11. The lowest BCUT2D eigenvalue weighted by Crippen LogP contribution is -2.22. The van der Waals surface area contributed by atoms with Crippen LogP contribution >= 0.6 is 24.0 Å². The summed E-state index contributed by atoms with van der Waals surface area (Å²) >= 11 is 0. The van der Waals surface area contributed by atoms with Gasteiger partial charge in [-0.2, -0.15) is 0 Å². The number of nitrogens with two attached hydrogens (primary N) is 1. The fourth-order valence-corrected chi connectivity index (χ4v) is 2.19. The highest BCUT2D eigenvalue weighted by Gasteiger charge is 2.03. The van der Waals surface area contributed by atoms with Crippen molar-refractivity contribution in [2.24, 2.45) is 10.7 Å². The van der Waals surface area contributed by atoms with Crippen LogP contribution in [0, 0.1) is 6.92 Å². The molecular weight excluding hydrogens is 427 g/mol. The number of likely N-dealkylation sites (N-methyl/N-ethyl adjacent to an activating group) is 1. The molecule has 0 atom stereocenters. The van der Waals surface area contributed by atoms with Crippen LogP contribution in [0.3, 0.4) is 0 Å². The lowest BCUT2D eigenvalue weighted by atomic mass is 10.2. The standard InChI is InChI=1S/C19H26N4O.HI/c1-15-7-6-9-17(13-15)22-19(20)21-14-16-8-4-5-10-18(16)24-12-11-23(2)3;/h4-10,13H,11-12,14H2,1-3H3,(H3,20,21,22);1H. The molecule has 0 amide bonds. The van der Waals surface area contributed by atoms with Crippen molar-refractivity contribution < 1.29 is 4.74 Å². The van der Waals surface area contributed by atoms with E-state index in [4.69, 9.17) is 10.5 Å². The van der Waals surface area contributed by atoms with E-state index in [1.807, 2.05) is 69.6 Å². The van der Waals surface area contributed by atoms with Crippen molar-refractivity contribution in [1.82, 2.24) is 4.90 Å². The summed E-state index contributed by atoms with van der Waals surface area (Å²) in [6.07, 6.45) is 0. The van der Waals surface area contributed by atoms with Crippen molar-refractivity contribution in [3.05, 3.63) is 59.7 Å². The first-order valence-corrected chi connectivity index (χ1v) is 8.03. The predicted octanol–water partition coefficient (Wildman–Crippen LogP) is 3.48. The van der Waals surface area contributed by atoms with Crippen molar-refractivity contribution in [2.45, 2.75) is 13.5 Å². The smallest absolute Gasteiger partial charge is 0.193 e. The minimum Gasteiger partial charge on any atom is -0.492 e. The molecule has 0 heterocycles. The molecule has 0 fully saturated rings. The molecule has 0 aromatic heterocycles. The van der Waals surface area contributed by atoms with Crippen molar-refractivity contribution in [3.8, 4) is 5.75 Å². The number of nitrogens with zero attached hydrogens (tertiary/aromatic N) is 2. The first-order chi connectivity index (χ1) is 11.5. The van der Waals surface area contributed by atoms with Gasteiger partial charge in [0, 0.05) is 17.8 Å². The van der Waals surface area contributed by atoms with Crippen LogP contribution in [0.15, 0.2) is 53.5 Å². The maximum absolute atomic E-state index is 5.98. The Morgan fingerprint density at radius 1 is 1.16 bits per heavy atom. The van der Waals surface area contributed by atoms with Crippen LogP contribution < -0.4 is 15.8 Å². The van der Waals surface area contributed by atoms with E-state index >= 15 is 0 Å². The van der Waals surface area contributed by atoms with Crippen molar-refractivity contribution >= 4 is 35.6 Å². The van der Waals surface area contributed by atoms with Gasteiger partial charge in [0.05, 0.1) is 6.54 Å². The second-order valence-corrected chi connectivity index (χ2v) is 5.96. The number of aliphatic imine (C=N–C) groups is 1. The summed E-state index contributed by atoms with van der Waals surface area (Å²) in [5.41, 5.74) is 9.11. The van der Waals surface area contributed by atoms with Gasteiger partial charge in [-0.05, 0) is 44.8 Å². The number of hydrogen-bond acceptors (Lipinski definition) is 3. The van der Waals surface area contributed by atoms with Gasteiger partial charge in [0.25, 0.3) is 0 Å². The first-order valence-electron chi connectivity index (χ1n) is 8.03. The average Bonchev–Trinajstić information content (AvgIpc) is 2.53. The van der Waals surface area contributed by atoms with Crippen molar-refractivity contribution in [3.63, 3.8) is 0 Å². The summed E-state index contributed by atoms with van der Waals surface area (Å²) in [6, 6.07) is 15.9. The largest absolute Gasteiger partial charge is 0.492 e. The van der Waals surface area contributed by atoms with Crippen LogP contribution in [-0.2, 0) is 6.54 Å². The Morgan fingerprint density at radius 2 is 1.92 bits per heavy atom. The monoisotopic (exact) mass is 454 g/mol. The second kappa shape index (κ2) is 10.9. The number of aryl methyl sites for hydroxylation is 1. The molecule has 0 bridgehead atoms. The zero-order valence-corrected chi connectivity index (χ0v) is 17.4. The number of anilines is 1. The van der Waals surface area contributed by atoms with Gasteiger partial charge in [0.15, 0.2) is 5.96 Å². The number of guanidine groups is 1. The van der Waals surface area contributed by atoms with Crippen LogP contribution in [0.2, 0.25) is 0 Å². The van der Waals surface area contributed by atoms with Crippen LogP contribution in [0.1, 0.15) is 11.1 Å². The molecule has 2 aromatic carbocycles. The normalized spacial score (nSPS) is 11.1. The van der Waals surface area contributed by atoms with Crippen LogP contribution in [0.4, 0.5) is 5.69 Å². The number of nitrogens with one attached hydrogen (secondary N) is 1. The molecule has 136 valence electrons. The average molecular weight is 454 g/mol. The number of halogens is 1. The third-order valence-electron chi connectivity index (χ3n) is 3.48. The SMILES string of the molecule is Cc1cccc(NC(N)=NCc2ccccc2OCCN(C)C)c1.I. The Labute approximate surface area is 167 Å².